The molecule has 2 heterocycles. The molecular weight excluding hydrogens is 258 g/mol. The van der Waals surface area contributed by atoms with Crippen LogP contribution in [0.5, 0.6) is 0 Å². The molecule has 2 N–H and O–H groups in total. The van der Waals surface area contributed by atoms with Gasteiger partial charge in [0.05, 0.1) is 0 Å². The van der Waals surface area contributed by atoms with Crippen molar-refractivity contribution in [2.75, 3.05) is 0 Å². The van der Waals surface area contributed by atoms with Crippen LogP contribution < -0.4 is 5.56 Å². The number of carbonyl (C=O) groups is 1. The zero-order valence-corrected chi connectivity index (χ0v) is 11.3. The molecule has 2 rings (SSSR count). The maximum atomic E-state index is 12.0. The molecule has 0 atom stereocenters. The number of rotatable bonds is 4. The van der Waals surface area contributed by atoms with Gasteiger partial charge in [0.25, 0.3) is 5.56 Å². The summed E-state index contributed by atoms with van der Waals surface area (Å²) in [7, 11) is 0. The Kier molecular flexibility index (Phi) is 3.93. The van der Waals surface area contributed by atoms with Crippen LogP contribution in [0.15, 0.2) is 23.0 Å². The maximum Gasteiger partial charge on any atom is 0.303 e. The van der Waals surface area contributed by atoms with Crippen molar-refractivity contribution < 1.29 is 9.90 Å². The second-order valence-corrected chi connectivity index (χ2v) is 4.54. The monoisotopic (exact) mass is 273 g/mol. The molecule has 6 heteroatoms. The first-order chi connectivity index (χ1) is 9.47. The molecule has 2 aromatic rings. The van der Waals surface area contributed by atoms with Gasteiger partial charge in [-0.25, -0.2) is 9.97 Å². The van der Waals surface area contributed by atoms with Crippen molar-refractivity contribution in [3.63, 3.8) is 0 Å². The van der Waals surface area contributed by atoms with Crippen molar-refractivity contribution >= 4 is 5.97 Å². The first-order valence-electron chi connectivity index (χ1n) is 6.23. The summed E-state index contributed by atoms with van der Waals surface area (Å²) in [6, 6.07) is 5.46. The molecule has 0 amide bonds. The van der Waals surface area contributed by atoms with E-state index in [0.717, 1.165) is 5.69 Å². The SMILES string of the molecule is Cc1cccc(-c2nc(C)c(CCC(=O)O)c(=O)[nH]2)n1. The molecule has 0 aromatic carbocycles. The highest BCUT2D eigenvalue weighted by Gasteiger charge is 2.11. The van der Waals surface area contributed by atoms with E-state index in [4.69, 9.17) is 5.11 Å². The Morgan fingerprint density at radius 1 is 1.30 bits per heavy atom. The van der Waals surface area contributed by atoms with Crippen molar-refractivity contribution in [3.8, 4) is 11.5 Å². The molecule has 0 radical (unpaired) electrons. The number of aliphatic carboxylic acids is 1. The van der Waals surface area contributed by atoms with Crippen LogP contribution in [0.4, 0.5) is 0 Å². The molecule has 0 saturated heterocycles. The fourth-order valence-electron chi connectivity index (χ4n) is 1.93. The number of aromatic amines is 1. The summed E-state index contributed by atoms with van der Waals surface area (Å²) in [6.07, 6.45) is 0.0820. The van der Waals surface area contributed by atoms with Crippen LogP contribution in [0.1, 0.15) is 23.4 Å². The van der Waals surface area contributed by atoms with Crippen LogP contribution in [0.2, 0.25) is 0 Å². The van der Waals surface area contributed by atoms with Crippen LogP contribution in [-0.2, 0) is 11.2 Å². The van der Waals surface area contributed by atoms with E-state index >= 15 is 0 Å². The van der Waals surface area contributed by atoms with Crippen LogP contribution in [0, 0.1) is 13.8 Å². The third-order valence-electron chi connectivity index (χ3n) is 2.94. The standard InChI is InChI=1S/C14H15N3O3/c1-8-4-3-5-11(15-8)13-16-9(2)10(14(20)17-13)6-7-12(18)19/h3-5H,6-7H2,1-2H3,(H,18,19)(H,16,17,20). The Morgan fingerprint density at radius 3 is 2.65 bits per heavy atom. The zero-order chi connectivity index (χ0) is 14.7. The van der Waals surface area contributed by atoms with E-state index in [9.17, 15) is 9.59 Å². The summed E-state index contributed by atoms with van der Waals surface area (Å²) < 4.78 is 0. The molecule has 0 aliphatic heterocycles. The van der Waals surface area contributed by atoms with E-state index in [2.05, 4.69) is 15.0 Å². The molecule has 0 fully saturated rings. The number of carboxylic acids is 1. The maximum absolute atomic E-state index is 12.0. The number of aromatic nitrogens is 3. The lowest BCUT2D eigenvalue weighted by Crippen LogP contribution is -2.18. The first-order valence-corrected chi connectivity index (χ1v) is 6.23. The summed E-state index contributed by atoms with van der Waals surface area (Å²) in [6.45, 7) is 3.56. The van der Waals surface area contributed by atoms with E-state index in [0.29, 0.717) is 22.8 Å². The predicted molar refractivity (Wildman–Crippen MR) is 73.5 cm³/mol. The summed E-state index contributed by atoms with van der Waals surface area (Å²) in [5, 5.41) is 8.68. The highest BCUT2D eigenvalue weighted by molar-refractivity contribution is 5.67. The minimum atomic E-state index is -0.937. The number of pyridine rings is 1. The lowest BCUT2D eigenvalue weighted by Gasteiger charge is -2.06. The van der Waals surface area contributed by atoms with Crippen LogP contribution in [-0.4, -0.2) is 26.0 Å². The first kappa shape index (κ1) is 13.9. The van der Waals surface area contributed by atoms with Crippen molar-refractivity contribution in [1.29, 1.82) is 0 Å². The van der Waals surface area contributed by atoms with Crippen molar-refractivity contribution in [2.24, 2.45) is 0 Å². The van der Waals surface area contributed by atoms with E-state index in [1.54, 1.807) is 13.0 Å². The van der Waals surface area contributed by atoms with Gasteiger partial charge in [-0.15, -0.1) is 0 Å². The Bertz CT molecular complexity index is 707. The third-order valence-corrected chi connectivity index (χ3v) is 2.94. The molecule has 0 aliphatic rings. The van der Waals surface area contributed by atoms with Gasteiger partial charge in [-0.1, -0.05) is 6.07 Å². The average Bonchev–Trinajstić information content (AvgIpc) is 2.37. The van der Waals surface area contributed by atoms with E-state index < -0.39 is 5.97 Å². The molecule has 6 nitrogen and oxygen atoms in total. The molecule has 0 bridgehead atoms. The molecule has 0 unspecified atom stereocenters. The smallest absolute Gasteiger partial charge is 0.303 e. The number of hydrogen-bond acceptors (Lipinski definition) is 4. The topological polar surface area (TPSA) is 95.9 Å². The predicted octanol–water partition coefficient (Wildman–Crippen LogP) is 1.47. The van der Waals surface area contributed by atoms with E-state index in [1.165, 1.54) is 0 Å². The Balaban J connectivity index is 2.40. The fraction of sp³-hybridized carbons (Fsp3) is 0.286. The minimum Gasteiger partial charge on any atom is -0.481 e. The summed E-state index contributed by atoms with van der Waals surface area (Å²) >= 11 is 0. The number of hydrogen-bond donors (Lipinski definition) is 2. The van der Waals surface area contributed by atoms with Gasteiger partial charge >= 0.3 is 5.97 Å². The minimum absolute atomic E-state index is 0.0896. The van der Waals surface area contributed by atoms with Crippen LogP contribution in [0.3, 0.4) is 0 Å². The summed E-state index contributed by atoms with van der Waals surface area (Å²) in [4.78, 5) is 33.9. The third kappa shape index (κ3) is 3.09. The van der Waals surface area contributed by atoms with E-state index in [-0.39, 0.29) is 18.4 Å². The molecule has 20 heavy (non-hydrogen) atoms. The van der Waals surface area contributed by atoms with Gasteiger partial charge in [-0.05, 0) is 32.4 Å². The highest BCUT2D eigenvalue weighted by atomic mass is 16.4. The molecule has 0 aliphatic carbocycles. The van der Waals surface area contributed by atoms with Crippen molar-refractivity contribution in [3.05, 3.63) is 45.5 Å². The highest BCUT2D eigenvalue weighted by Crippen LogP contribution is 2.13. The van der Waals surface area contributed by atoms with Crippen molar-refractivity contribution in [1.82, 2.24) is 15.0 Å². The van der Waals surface area contributed by atoms with Gasteiger partial charge < -0.3 is 10.1 Å². The number of carboxylic acid groups (broad SMARTS) is 1. The molecule has 0 saturated carbocycles. The van der Waals surface area contributed by atoms with Gasteiger partial charge in [0.15, 0.2) is 5.82 Å². The lowest BCUT2D eigenvalue weighted by molar-refractivity contribution is -0.136. The van der Waals surface area contributed by atoms with E-state index in [1.807, 2.05) is 19.1 Å². The second kappa shape index (κ2) is 5.64. The number of H-pyrrole nitrogens is 1. The summed E-state index contributed by atoms with van der Waals surface area (Å²) in [5.41, 5.74) is 2.06. The molecule has 2 aromatic heterocycles. The van der Waals surface area contributed by atoms with Crippen LogP contribution >= 0.6 is 0 Å². The number of aryl methyl sites for hydroxylation is 2. The van der Waals surface area contributed by atoms with Crippen LogP contribution in [0.25, 0.3) is 11.5 Å². The number of nitrogens with one attached hydrogen (secondary N) is 1. The van der Waals surface area contributed by atoms with Gasteiger partial charge in [-0.3, -0.25) is 9.59 Å². The van der Waals surface area contributed by atoms with Gasteiger partial charge in [0.2, 0.25) is 0 Å². The quantitative estimate of drug-likeness (QED) is 0.879. The summed E-state index contributed by atoms with van der Waals surface area (Å²) in [5.74, 6) is -0.538. The van der Waals surface area contributed by atoms with Gasteiger partial charge in [-0.2, -0.15) is 0 Å². The molecule has 0 spiro atoms. The molecular formula is C14H15N3O3. The van der Waals surface area contributed by atoms with Gasteiger partial charge in [0, 0.05) is 23.4 Å². The lowest BCUT2D eigenvalue weighted by atomic mass is 10.1. The average molecular weight is 273 g/mol. The second-order valence-electron chi connectivity index (χ2n) is 4.54. The zero-order valence-electron chi connectivity index (χ0n) is 11.3. The van der Waals surface area contributed by atoms with Gasteiger partial charge in [0.1, 0.15) is 5.69 Å². The normalized spacial score (nSPS) is 10.5. The molecule has 104 valence electrons. The largest absolute Gasteiger partial charge is 0.481 e. The number of nitrogens with zero attached hydrogens (tertiary/aromatic N) is 2. The Hall–Kier alpha value is -2.50. The fourth-order valence-corrected chi connectivity index (χ4v) is 1.93. The van der Waals surface area contributed by atoms with Crippen molar-refractivity contribution in [2.45, 2.75) is 26.7 Å². The Labute approximate surface area is 115 Å². The Morgan fingerprint density at radius 2 is 2.05 bits per heavy atom.